The molecule has 1 spiro atoms. The lowest BCUT2D eigenvalue weighted by atomic mass is 9.66. The Hall–Kier alpha value is -6.26. The van der Waals surface area contributed by atoms with Crippen molar-refractivity contribution in [3.05, 3.63) is 203 Å². The molecule has 1 atom stereocenters. The number of nitrogens with one attached hydrogen (secondary N) is 1. The molecular formula is C44H29N3O. The van der Waals surface area contributed by atoms with Gasteiger partial charge in [0.15, 0.2) is 5.84 Å². The van der Waals surface area contributed by atoms with Gasteiger partial charge in [0.2, 0.25) is 0 Å². The van der Waals surface area contributed by atoms with Crippen LogP contribution in [-0.4, -0.2) is 11.7 Å². The average Bonchev–Trinajstić information content (AvgIpc) is 3.45. The summed E-state index contributed by atoms with van der Waals surface area (Å²) in [7, 11) is 0. The van der Waals surface area contributed by atoms with Crippen molar-refractivity contribution < 1.29 is 4.74 Å². The standard InChI is InChI=1S/C44H29N3O/c1-2-13-29(14-3-1)41-45-42(31-23-22-28-12-4-5-15-30(28)26-31)47-43(46-41)32-24-25-38-40(27-32)48-39-21-11-10-20-37(39)44(38)35-18-8-6-16-33(35)34-17-7-9-19-36(34)44/h1-27,43H,(H,45,46,47). The molecule has 0 fully saturated rings. The van der Waals surface area contributed by atoms with Crippen molar-refractivity contribution in [2.75, 3.05) is 0 Å². The molecule has 7 aromatic carbocycles. The van der Waals surface area contributed by atoms with Crippen LogP contribution in [0.1, 0.15) is 45.1 Å². The average molecular weight is 616 g/mol. The monoisotopic (exact) mass is 615 g/mol. The van der Waals surface area contributed by atoms with Crippen LogP contribution in [0.2, 0.25) is 0 Å². The van der Waals surface area contributed by atoms with Crippen LogP contribution in [0.5, 0.6) is 11.5 Å². The number of fused-ring (bicyclic) bond motifs is 10. The van der Waals surface area contributed by atoms with E-state index in [-0.39, 0.29) is 6.17 Å². The zero-order chi connectivity index (χ0) is 31.7. The van der Waals surface area contributed by atoms with Gasteiger partial charge in [-0.2, -0.15) is 0 Å². The lowest BCUT2D eigenvalue weighted by molar-refractivity contribution is 0.434. The van der Waals surface area contributed by atoms with Crippen LogP contribution in [0.4, 0.5) is 0 Å². The third-order valence-electron chi connectivity index (χ3n) is 9.99. The van der Waals surface area contributed by atoms with E-state index in [0.29, 0.717) is 5.84 Å². The van der Waals surface area contributed by atoms with E-state index < -0.39 is 5.41 Å². The van der Waals surface area contributed by atoms with Crippen molar-refractivity contribution in [3.8, 4) is 22.6 Å². The molecule has 0 saturated heterocycles. The predicted octanol–water partition coefficient (Wildman–Crippen LogP) is 9.80. The molecule has 2 heterocycles. The van der Waals surface area contributed by atoms with Crippen LogP contribution in [-0.2, 0) is 5.41 Å². The van der Waals surface area contributed by atoms with Crippen LogP contribution in [0.15, 0.2) is 174 Å². The number of ether oxygens (including phenoxy) is 1. The van der Waals surface area contributed by atoms with Crippen LogP contribution in [0.3, 0.4) is 0 Å². The summed E-state index contributed by atoms with van der Waals surface area (Å²) < 4.78 is 6.79. The Labute approximate surface area is 278 Å². The number of hydrogen-bond donors (Lipinski definition) is 1. The number of aliphatic imine (C=N–C) groups is 2. The van der Waals surface area contributed by atoms with Gasteiger partial charge in [0.05, 0.1) is 5.41 Å². The SMILES string of the molecule is c1ccc(C2=NC(c3ccc4c(c3)Oc3ccccc3C43c4ccccc4-c4ccccc43)NC(c3ccc4ccccc4c3)=N2)cc1. The van der Waals surface area contributed by atoms with E-state index in [2.05, 4.69) is 151 Å². The second kappa shape index (κ2) is 10.4. The minimum absolute atomic E-state index is 0.371. The fourth-order valence-electron chi connectivity index (χ4n) is 7.87. The fraction of sp³-hybridized carbons (Fsp3) is 0.0455. The van der Waals surface area contributed by atoms with Crippen LogP contribution in [0, 0.1) is 0 Å². The molecule has 0 amide bonds. The number of benzene rings is 7. The van der Waals surface area contributed by atoms with E-state index >= 15 is 0 Å². The van der Waals surface area contributed by atoms with Crippen molar-refractivity contribution in [2.24, 2.45) is 9.98 Å². The van der Waals surface area contributed by atoms with Crippen LogP contribution < -0.4 is 10.1 Å². The molecule has 1 N–H and O–H groups in total. The van der Waals surface area contributed by atoms with Gasteiger partial charge in [-0.15, -0.1) is 0 Å². The number of rotatable bonds is 3. The first-order valence-electron chi connectivity index (χ1n) is 16.4. The zero-order valence-corrected chi connectivity index (χ0v) is 26.0. The van der Waals surface area contributed by atoms with E-state index in [0.717, 1.165) is 45.2 Å². The van der Waals surface area contributed by atoms with Gasteiger partial charge >= 0.3 is 0 Å². The van der Waals surface area contributed by atoms with Gasteiger partial charge in [-0.05, 0) is 51.2 Å². The number of hydrogen-bond acceptors (Lipinski definition) is 4. The topological polar surface area (TPSA) is 46.0 Å². The maximum Gasteiger partial charge on any atom is 0.159 e. The van der Waals surface area contributed by atoms with E-state index in [1.807, 2.05) is 18.2 Å². The van der Waals surface area contributed by atoms with Gasteiger partial charge in [-0.25, -0.2) is 9.98 Å². The summed E-state index contributed by atoms with van der Waals surface area (Å²) in [5.41, 5.74) is 9.89. The van der Waals surface area contributed by atoms with E-state index in [9.17, 15) is 0 Å². The summed E-state index contributed by atoms with van der Waals surface area (Å²) in [5.74, 6) is 3.20. The van der Waals surface area contributed by atoms with Gasteiger partial charge < -0.3 is 10.1 Å². The Morgan fingerprint density at radius 1 is 0.500 bits per heavy atom. The minimum Gasteiger partial charge on any atom is -0.457 e. The Morgan fingerprint density at radius 2 is 1.15 bits per heavy atom. The lowest BCUT2D eigenvalue weighted by Gasteiger charge is -2.39. The summed E-state index contributed by atoms with van der Waals surface area (Å²) in [4.78, 5) is 10.2. The Balaban J connectivity index is 1.14. The maximum atomic E-state index is 6.79. The molecule has 3 aliphatic rings. The van der Waals surface area contributed by atoms with Gasteiger partial charge in [-0.3, -0.25) is 0 Å². The quantitative estimate of drug-likeness (QED) is 0.215. The van der Waals surface area contributed by atoms with Crippen molar-refractivity contribution in [1.82, 2.24) is 5.32 Å². The Bertz CT molecular complexity index is 2430. The molecule has 4 nitrogen and oxygen atoms in total. The third kappa shape index (κ3) is 3.90. The second-order valence-corrected chi connectivity index (χ2v) is 12.6. The van der Waals surface area contributed by atoms with E-state index in [1.165, 1.54) is 33.0 Å². The Morgan fingerprint density at radius 3 is 1.94 bits per heavy atom. The highest BCUT2D eigenvalue weighted by atomic mass is 16.5. The van der Waals surface area contributed by atoms with Crippen LogP contribution >= 0.6 is 0 Å². The fourth-order valence-corrected chi connectivity index (χ4v) is 7.87. The number of para-hydroxylation sites is 1. The minimum atomic E-state index is -0.494. The number of amidine groups is 2. The highest BCUT2D eigenvalue weighted by Crippen LogP contribution is 2.62. The van der Waals surface area contributed by atoms with Crippen molar-refractivity contribution in [3.63, 3.8) is 0 Å². The molecule has 10 rings (SSSR count). The smallest absolute Gasteiger partial charge is 0.159 e. The number of nitrogens with zero attached hydrogens (tertiary/aromatic N) is 2. The first-order valence-corrected chi connectivity index (χ1v) is 16.4. The zero-order valence-electron chi connectivity index (χ0n) is 26.0. The van der Waals surface area contributed by atoms with Crippen molar-refractivity contribution in [1.29, 1.82) is 0 Å². The molecule has 7 aromatic rings. The van der Waals surface area contributed by atoms with Gasteiger partial charge in [-0.1, -0.05) is 146 Å². The predicted molar refractivity (Wildman–Crippen MR) is 193 cm³/mol. The van der Waals surface area contributed by atoms with Crippen molar-refractivity contribution in [2.45, 2.75) is 11.6 Å². The summed E-state index contributed by atoms with van der Waals surface area (Å²) in [6, 6.07) is 57.8. The molecule has 2 aliphatic heterocycles. The van der Waals surface area contributed by atoms with Gasteiger partial charge in [0.1, 0.15) is 23.5 Å². The van der Waals surface area contributed by atoms with Gasteiger partial charge in [0.25, 0.3) is 0 Å². The Kier molecular flexibility index (Phi) is 5.82. The van der Waals surface area contributed by atoms with Crippen LogP contribution in [0.25, 0.3) is 21.9 Å². The summed E-state index contributed by atoms with van der Waals surface area (Å²) in [6.45, 7) is 0. The van der Waals surface area contributed by atoms with Gasteiger partial charge in [0, 0.05) is 27.8 Å². The highest BCUT2D eigenvalue weighted by molar-refractivity contribution is 6.13. The van der Waals surface area contributed by atoms with E-state index in [1.54, 1.807) is 0 Å². The third-order valence-corrected chi connectivity index (χ3v) is 9.99. The van der Waals surface area contributed by atoms with E-state index in [4.69, 9.17) is 14.7 Å². The molecule has 0 radical (unpaired) electrons. The molecule has 1 aliphatic carbocycles. The van der Waals surface area contributed by atoms with Crippen molar-refractivity contribution >= 4 is 22.4 Å². The molecule has 0 aromatic heterocycles. The molecule has 0 saturated carbocycles. The summed E-state index contributed by atoms with van der Waals surface area (Å²) >= 11 is 0. The highest BCUT2D eigenvalue weighted by Gasteiger charge is 2.51. The second-order valence-electron chi connectivity index (χ2n) is 12.6. The first kappa shape index (κ1) is 26.9. The normalized spacial score (nSPS) is 16.5. The molecule has 226 valence electrons. The molecule has 0 bridgehead atoms. The largest absolute Gasteiger partial charge is 0.457 e. The molecular weight excluding hydrogens is 587 g/mol. The first-order chi connectivity index (χ1) is 23.8. The summed E-state index contributed by atoms with van der Waals surface area (Å²) in [6.07, 6.45) is -0.371. The summed E-state index contributed by atoms with van der Waals surface area (Å²) in [5, 5.41) is 6.04. The molecule has 48 heavy (non-hydrogen) atoms. The maximum absolute atomic E-state index is 6.79. The lowest BCUT2D eigenvalue weighted by Crippen LogP contribution is -2.34. The molecule has 1 unspecified atom stereocenters. The molecule has 4 heteroatoms.